The Balaban J connectivity index is 1.65. The molecule has 1 aromatic carbocycles. The Morgan fingerprint density at radius 3 is 2.87 bits per heavy atom. The average Bonchev–Trinajstić information content (AvgIpc) is 2.77. The number of nitrogens with one attached hydrogen (secondary N) is 1. The number of hydrogen-bond donors (Lipinski definition) is 3. The first-order valence-electron chi connectivity index (χ1n) is 10.2. The SMILES string of the molecule is COc1cccc(CNC(=O)c2cc(/C(N)=N/N(N)CC3CCCCO3)nc(C)n2)c1. The minimum Gasteiger partial charge on any atom is -0.497 e. The molecule has 3 rings (SSSR count). The van der Waals surface area contributed by atoms with Crippen molar-refractivity contribution in [3.63, 3.8) is 0 Å². The summed E-state index contributed by atoms with van der Waals surface area (Å²) in [5.74, 6) is 6.85. The highest BCUT2D eigenvalue weighted by Gasteiger charge is 2.17. The quantitative estimate of drug-likeness (QED) is 0.246. The predicted molar refractivity (Wildman–Crippen MR) is 116 cm³/mol. The lowest BCUT2D eigenvalue weighted by atomic mass is 10.1. The summed E-state index contributed by atoms with van der Waals surface area (Å²) in [6, 6.07) is 8.96. The second-order valence-electron chi connectivity index (χ2n) is 7.32. The summed E-state index contributed by atoms with van der Waals surface area (Å²) in [5, 5.41) is 8.28. The van der Waals surface area contributed by atoms with Crippen LogP contribution in [0.4, 0.5) is 0 Å². The molecule has 0 radical (unpaired) electrons. The molecule has 1 fully saturated rings. The second-order valence-corrected chi connectivity index (χ2v) is 7.32. The maximum absolute atomic E-state index is 12.6. The molecule has 5 N–H and O–H groups in total. The highest BCUT2D eigenvalue weighted by molar-refractivity contribution is 5.99. The summed E-state index contributed by atoms with van der Waals surface area (Å²) in [4.78, 5) is 21.1. The van der Waals surface area contributed by atoms with Gasteiger partial charge in [-0.3, -0.25) is 4.79 Å². The molecule has 2 heterocycles. The van der Waals surface area contributed by atoms with Crippen molar-refractivity contribution in [3.05, 3.63) is 53.1 Å². The van der Waals surface area contributed by atoms with Crippen LogP contribution in [0.25, 0.3) is 0 Å². The lowest BCUT2D eigenvalue weighted by molar-refractivity contribution is -0.00546. The van der Waals surface area contributed by atoms with Gasteiger partial charge in [0.2, 0.25) is 0 Å². The molecule has 0 aliphatic carbocycles. The van der Waals surface area contributed by atoms with Gasteiger partial charge < -0.3 is 20.5 Å². The van der Waals surface area contributed by atoms with Crippen LogP contribution >= 0.6 is 0 Å². The first-order chi connectivity index (χ1) is 14.9. The molecule has 31 heavy (non-hydrogen) atoms. The van der Waals surface area contributed by atoms with E-state index in [0.29, 0.717) is 24.6 Å². The zero-order chi connectivity index (χ0) is 22.2. The lowest BCUT2D eigenvalue weighted by Gasteiger charge is -2.25. The van der Waals surface area contributed by atoms with Crippen molar-refractivity contribution in [1.29, 1.82) is 0 Å². The standard InChI is InChI=1S/C21H29N7O3/c1-14-25-18(20(22)27-28(23)13-17-7-3-4-9-31-17)11-19(26-14)21(29)24-12-15-6-5-8-16(10-15)30-2/h5-6,8,10-11,17H,3-4,7,9,12-13,23H2,1-2H3,(H2,22,27)(H,24,29). The number of ether oxygens (including phenoxy) is 2. The maximum Gasteiger partial charge on any atom is 0.270 e. The van der Waals surface area contributed by atoms with Crippen molar-refractivity contribution in [1.82, 2.24) is 20.4 Å². The number of aromatic nitrogens is 2. The number of nitrogens with two attached hydrogens (primary N) is 2. The molecular weight excluding hydrogens is 398 g/mol. The van der Waals surface area contributed by atoms with Gasteiger partial charge in [0.1, 0.15) is 23.0 Å². The van der Waals surface area contributed by atoms with Crippen molar-refractivity contribution < 1.29 is 14.3 Å². The number of rotatable bonds is 8. The number of hydrazine groups is 1. The third kappa shape index (κ3) is 6.63. The molecule has 1 atom stereocenters. The van der Waals surface area contributed by atoms with Crippen molar-refractivity contribution in [2.45, 2.75) is 38.8 Å². The Hall–Kier alpha value is -3.24. The van der Waals surface area contributed by atoms with E-state index in [1.165, 1.54) is 11.2 Å². The average molecular weight is 428 g/mol. The highest BCUT2D eigenvalue weighted by Crippen LogP contribution is 2.14. The number of amidine groups is 1. The molecule has 1 saturated heterocycles. The summed E-state index contributed by atoms with van der Waals surface area (Å²) in [6.45, 7) is 3.18. The van der Waals surface area contributed by atoms with Crippen LogP contribution in [0.1, 0.15) is 46.8 Å². The number of carbonyl (C=O) groups is 1. The number of nitrogens with zero attached hydrogens (tertiary/aromatic N) is 4. The number of hydrogen-bond acceptors (Lipinski definition) is 8. The molecule has 1 unspecified atom stereocenters. The van der Waals surface area contributed by atoms with Crippen LogP contribution < -0.4 is 21.6 Å². The van der Waals surface area contributed by atoms with Crippen LogP contribution in [0.15, 0.2) is 35.4 Å². The predicted octanol–water partition coefficient (Wildman–Crippen LogP) is 1.09. The number of carbonyl (C=O) groups excluding carboxylic acids is 1. The molecule has 166 valence electrons. The number of benzene rings is 1. The van der Waals surface area contributed by atoms with Gasteiger partial charge in [-0.25, -0.2) is 20.9 Å². The number of hydrazone groups is 1. The fourth-order valence-corrected chi connectivity index (χ4v) is 3.26. The lowest BCUT2D eigenvalue weighted by Crippen LogP contribution is -2.38. The van der Waals surface area contributed by atoms with Gasteiger partial charge in [-0.15, -0.1) is 5.10 Å². The second kappa shape index (κ2) is 10.7. The summed E-state index contributed by atoms with van der Waals surface area (Å²) in [7, 11) is 1.60. The fraction of sp³-hybridized carbons (Fsp3) is 0.429. The molecule has 0 spiro atoms. The topological polar surface area (TPSA) is 141 Å². The van der Waals surface area contributed by atoms with Crippen LogP contribution in [0.2, 0.25) is 0 Å². The molecule has 10 nitrogen and oxygen atoms in total. The van der Waals surface area contributed by atoms with Crippen molar-refractivity contribution in [2.75, 3.05) is 20.3 Å². The van der Waals surface area contributed by atoms with Gasteiger partial charge in [-0.2, -0.15) is 0 Å². The Labute approximate surface area is 181 Å². The van der Waals surface area contributed by atoms with E-state index in [4.69, 9.17) is 21.1 Å². The third-order valence-electron chi connectivity index (χ3n) is 4.82. The van der Waals surface area contributed by atoms with Gasteiger partial charge in [0, 0.05) is 13.2 Å². The van der Waals surface area contributed by atoms with Gasteiger partial charge in [0.25, 0.3) is 5.91 Å². The summed E-state index contributed by atoms with van der Waals surface area (Å²) in [6.07, 6.45) is 3.14. The number of amides is 1. The van der Waals surface area contributed by atoms with Crippen LogP contribution in [-0.2, 0) is 11.3 Å². The molecule has 10 heteroatoms. The van der Waals surface area contributed by atoms with Crippen molar-refractivity contribution in [3.8, 4) is 5.75 Å². The smallest absolute Gasteiger partial charge is 0.270 e. The first kappa shape index (κ1) is 22.4. The molecular formula is C21H29N7O3. The number of aryl methyl sites for hydroxylation is 1. The van der Waals surface area contributed by atoms with E-state index in [1.54, 1.807) is 14.0 Å². The zero-order valence-corrected chi connectivity index (χ0v) is 17.9. The molecule has 1 amide bonds. The van der Waals surface area contributed by atoms with Gasteiger partial charge >= 0.3 is 0 Å². The highest BCUT2D eigenvalue weighted by atomic mass is 16.5. The normalized spacial score (nSPS) is 16.6. The summed E-state index contributed by atoms with van der Waals surface area (Å²) in [5.41, 5.74) is 7.52. The van der Waals surface area contributed by atoms with Crippen LogP contribution in [-0.4, -0.2) is 53.2 Å². The molecule has 0 saturated carbocycles. The Kier molecular flexibility index (Phi) is 7.74. The van der Waals surface area contributed by atoms with E-state index in [-0.39, 0.29) is 23.5 Å². The van der Waals surface area contributed by atoms with Gasteiger partial charge in [-0.1, -0.05) is 12.1 Å². The van der Waals surface area contributed by atoms with Gasteiger partial charge in [-0.05, 0) is 49.9 Å². The first-order valence-corrected chi connectivity index (χ1v) is 10.2. The minimum absolute atomic E-state index is 0.0281. The van der Waals surface area contributed by atoms with Gasteiger partial charge in [0.15, 0.2) is 5.84 Å². The van der Waals surface area contributed by atoms with E-state index < -0.39 is 0 Å². The van der Waals surface area contributed by atoms with E-state index in [9.17, 15) is 4.79 Å². The largest absolute Gasteiger partial charge is 0.497 e. The Morgan fingerprint density at radius 1 is 1.32 bits per heavy atom. The van der Waals surface area contributed by atoms with Crippen LogP contribution in [0.3, 0.4) is 0 Å². The van der Waals surface area contributed by atoms with Crippen LogP contribution in [0.5, 0.6) is 5.75 Å². The van der Waals surface area contributed by atoms with E-state index in [1.807, 2.05) is 24.3 Å². The molecule has 1 aromatic heterocycles. The van der Waals surface area contributed by atoms with Crippen molar-refractivity contribution >= 4 is 11.7 Å². The molecule has 0 bridgehead atoms. The van der Waals surface area contributed by atoms with Crippen LogP contribution in [0, 0.1) is 6.92 Å². The molecule has 1 aliphatic rings. The zero-order valence-electron chi connectivity index (χ0n) is 17.9. The minimum atomic E-state index is -0.345. The summed E-state index contributed by atoms with van der Waals surface area (Å²) >= 11 is 0. The number of methoxy groups -OCH3 is 1. The maximum atomic E-state index is 12.6. The molecule has 2 aromatic rings. The Bertz CT molecular complexity index is 929. The van der Waals surface area contributed by atoms with Crippen molar-refractivity contribution in [2.24, 2.45) is 16.7 Å². The van der Waals surface area contributed by atoms with E-state index in [0.717, 1.165) is 37.2 Å². The monoisotopic (exact) mass is 427 g/mol. The van der Waals surface area contributed by atoms with Gasteiger partial charge in [0.05, 0.1) is 19.8 Å². The Morgan fingerprint density at radius 2 is 2.13 bits per heavy atom. The summed E-state index contributed by atoms with van der Waals surface area (Å²) < 4.78 is 10.9. The third-order valence-corrected chi connectivity index (χ3v) is 4.82. The van der Waals surface area contributed by atoms with E-state index >= 15 is 0 Å². The molecule has 1 aliphatic heterocycles. The fourth-order valence-electron chi connectivity index (χ4n) is 3.26. The van der Waals surface area contributed by atoms with E-state index in [2.05, 4.69) is 20.4 Å².